The van der Waals surface area contributed by atoms with Crippen molar-refractivity contribution in [1.29, 1.82) is 0 Å². The van der Waals surface area contributed by atoms with Gasteiger partial charge in [0, 0.05) is 10.8 Å². The van der Waals surface area contributed by atoms with E-state index in [2.05, 4.69) is 170 Å². The second-order valence-electron chi connectivity index (χ2n) is 18.6. The molecule has 2 saturated carbocycles. The van der Waals surface area contributed by atoms with Gasteiger partial charge in [-0.2, -0.15) is 0 Å². The molecule has 0 aromatic heterocycles. The van der Waals surface area contributed by atoms with Crippen molar-refractivity contribution in [2.75, 3.05) is 0 Å². The normalized spacial score (nSPS) is 16.7. The molecule has 10 aromatic carbocycles. The van der Waals surface area contributed by atoms with Gasteiger partial charge in [-0.1, -0.05) is 171 Å². The van der Waals surface area contributed by atoms with Crippen LogP contribution in [-0.2, 0) is 10.8 Å². The topological polar surface area (TPSA) is 0 Å². The molecule has 0 bridgehead atoms. The van der Waals surface area contributed by atoms with E-state index in [4.69, 9.17) is 0 Å². The van der Waals surface area contributed by atoms with Crippen molar-refractivity contribution in [3.8, 4) is 44.5 Å². The molecule has 0 atom stereocenters. The highest BCUT2D eigenvalue weighted by atomic mass is 14.5. The number of hydrogen-bond acceptors (Lipinski definition) is 0. The van der Waals surface area contributed by atoms with Gasteiger partial charge in [-0.05, 0) is 171 Å². The van der Waals surface area contributed by atoms with Gasteiger partial charge >= 0.3 is 0 Å². The summed E-state index contributed by atoms with van der Waals surface area (Å²) in [7, 11) is 0. The van der Waals surface area contributed by atoms with Gasteiger partial charge in [0.05, 0.1) is 0 Å². The Labute approximate surface area is 351 Å². The molecule has 0 amide bonds. The predicted molar refractivity (Wildman–Crippen MR) is 254 cm³/mol. The summed E-state index contributed by atoms with van der Waals surface area (Å²) in [5.74, 6) is 0. The monoisotopic (exact) mass is 764 g/mol. The summed E-state index contributed by atoms with van der Waals surface area (Å²) >= 11 is 0. The van der Waals surface area contributed by atoms with Crippen LogP contribution in [0, 0.1) is 0 Å². The van der Waals surface area contributed by atoms with Crippen molar-refractivity contribution in [3.05, 3.63) is 192 Å². The van der Waals surface area contributed by atoms with Crippen LogP contribution in [0.2, 0.25) is 0 Å². The molecule has 0 heterocycles. The van der Waals surface area contributed by atoms with Gasteiger partial charge in [0.2, 0.25) is 0 Å². The van der Waals surface area contributed by atoms with Crippen LogP contribution in [0.5, 0.6) is 0 Å². The third kappa shape index (κ3) is 4.26. The van der Waals surface area contributed by atoms with Gasteiger partial charge in [-0.25, -0.2) is 0 Å². The molecule has 2 fully saturated rings. The fourth-order valence-electron chi connectivity index (χ4n) is 13.3. The van der Waals surface area contributed by atoms with E-state index < -0.39 is 0 Å². The molecule has 4 aliphatic carbocycles. The molecule has 14 rings (SSSR count). The van der Waals surface area contributed by atoms with Crippen molar-refractivity contribution in [1.82, 2.24) is 0 Å². The lowest BCUT2D eigenvalue weighted by molar-refractivity contribution is 0.550. The molecular formula is C60H44. The van der Waals surface area contributed by atoms with Crippen LogP contribution in [-0.4, -0.2) is 0 Å². The van der Waals surface area contributed by atoms with E-state index in [1.165, 1.54) is 150 Å². The molecule has 0 heteroatoms. The summed E-state index contributed by atoms with van der Waals surface area (Å²) in [5, 5.41) is 13.3. The first-order valence-electron chi connectivity index (χ1n) is 22.4. The summed E-state index contributed by atoms with van der Waals surface area (Å²) in [6.07, 6.45) is 10.2. The summed E-state index contributed by atoms with van der Waals surface area (Å²) in [6.45, 7) is 0. The predicted octanol–water partition coefficient (Wildman–Crippen LogP) is 16.5. The van der Waals surface area contributed by atoms with E-state index in [9.17, 15) is 0 Å². The van der Waals surface area contributed by atoms with Crippen molar-refractivity contribution in [2.24, 2.45) is 0 Å². The number of rotatable bonds is 2. The number of benzene rings is 10. The zero-order valence-corrected chi connectivity index (χ0v) is 33.8. The Bertz CT molecular complexity index is 3260. The van der Waals surface area contributed by atoms with Crippen LogP contribution in [0.15, 0.2) is 170 Å². The van der Waals surface area contributed by atoms with Crippen LogP contribution in [0.1, 0.15) is 73.6 Å². The lowest BCUT2D eigenvalue weighted by Gasteiger charge is -2.27. The Balaban J connectivity index is 1.02. The van der Waals surface area contributed by atoms with Crippen LogP contribution in [0.4, 0.5) is 0 Å². The van der Waals surface area contributed by atoms with Crippen LogP contribution in [0.25, 0.3) is 98.4 Å². The maximum Gasteiger partial charge on any atom is 0.0215 e. The van der Waals surface area contributed by atoms with E-state index in [1.54, 1.807) is 22.3 Å². The zero-order chi connectivity index (χ0) is 39.2. The molecule has 60 heavy (non-hydrogen) atoms. The molecule has 10 aromatic rings. The largest absolute Gasteiger partial charge is 0.0619 e. The van der Waals surface area contributed by atoms with Gasteiger partial charge in [0.15, 0.2) is 0 Å². The molecule has 0 N–H and O–H groups in total. The molecule has 4 aliphatic rings. The Morgan fingerprint density at radius 1 is 0.250 bits per heavy atom. The minimum atomic E-state index is 0.148. The highest BCUT2D eigenvalue weighted by molar-refractivity contribution is 6.39. The highest BCUT2D eigenvalue weighted by Gasteiger charge is 2.46. The average Bonchev–Trinajstić information content (AvgIpc) is 4.12. The van der Waals surface area contributed by atoms with Gasteiger partial charge in [0.25, 0.3) is 0 Å². The van der Waals surface area contributed by atoms with Crippen molar-refractivity contribution in [2.45, 2.75) is 62.2 Å². The van der Waals surface area contributed by atoms with Crippen LogP contribution < -0.4 is 0 Å². The quantitative estimate of drug-likeness (QED) is 0.154. The first kappa shape index (κ1) is 33.3. The van der Waals surface area contributed by atoms with Gasteiger partial charge < -0.3 is 0 Å². The number of fused-ring (bicyclic) bond motifs is 21. The standard InChI is InChI=1S/C60H44/c1-3-17-49-41(13-1)43-25-21-37(39-23-27-47-45-15-5-7-19-53(45)59(55(47)35-39)29-9-10-30-59)33-51(43)58-50-18-4-2-14-42(50)44-26-22-38(34-52(44)57(49)58)40-24-28-48-46-16-6-8-20-54(46)60(56(48)36-40)31-11-12-32-60/h1-8,13-28,33-36H,9-12,29-32H2. The zero-order valence-electron chi connectivity index (χ0n) is 33.8. The third-order valence-corrected chi connectivity index (χ3v) is 15.9. The van der Waals surface area contributed by atoms with E-state index >= 15 is 0 Å². The Hall–Kier alpha value is -6.50. The molecule has 0 radical (unpaired) electrons. The summed E-state index contributed by atoms with van der Waals surface area (Å²) in [6, 6.07) is 66.2. The maximum absolute atomic E-state index is 2.57. The first-order chi connectivity index (χ1) is 29.7. The highest BCUT2D eigenvalue weighted by Crippen LogP contribution is 2.59. The van der Waals surface area contributed by atoms with Crippen LogP contribution >= 0.6 is 0 Å². The smallest absolute Gasteiger partial charge is 0.0215 e. The lowest BCUT2D eigenvalue weighted by Crippen LogP contribution is -2.20. The van der Waals surface area contributed by atoms with Crippen LogP contribution in [0.3, 0.4) is 0 Å². The van der Waals surface area contributed by atoms with Crippen molar-refractivity contribution >= 4 is 53.9 Å². The van der Waals surface area contributed by atoms with E-state index in [1.807, 2.05) is 0 Å². The molecule has 0 nitrogen and oxygen atoms in total. The van der Waals surface area contributed by atoms with Crippen molar-refractivity contribution in [3.63, 3.8) is 0 Å². The van der Waals surface area contributed by atoms with Gasteiger partial charge in [-0.3, -0.25) is 0 Å². The maximum atomic E-state index is 2.57. The van der Waals surface area contributed by atoms with Gasteiger partial charge in [0.1, 0.15) is 0 Å². The molecule has 0 aliphatic heterocycles. The van der Waals surface area contributed by atoms with Gasteiger partial charge in [-0.15, -0.1) is 0 Å². The Morgan fingerprint density at radius 3 is 1.03 bits per heavy atom. The van der Waals surface area contributed by atoms with Crippen molar-refractivity contribution < 1.29 is 0 Å². The molecular weight excluding hydrogens is 721 g/mol. The molecule has 0 saturated heterocycles. The second kappa shape index (κ2) is 12.0. The summed E-state index contributed by atoms with van der Waals surface area (Å²) < 4.78 is 0. The molecule has 2 spiro atoms. The van der Waals surface area contributed by atoms with E-state index in [0.717, 1.165) is 0 Å². The summed E-state index contributed by atoms with van der Waals surface area (Å²) in [4.78, 5) is 0. The minimum absolute atomic E-state index is 0.148. The fourth-order valence-corrected chi connectivity index (χ4v) is 13.3. The van der Waals surface area contributed by atoms with E-state index in [-0.39, 0.29) is 10.8 Å². The number of hydrogen-bond donors (Lipinski definition) is 0. The Morgan fingerprint density at radius 2 is 0.583 bits per heavy atom. The SMILES string of the molecule is c1ccc2c(c1)-c1ccc(-c3ccc4c5ccccc5c5c6cc(-c7ccc8c(c7)C7(CCCC7)c7ccccc7-8)ccc6c6ccccc6c5c4c3)cc1C21CCCC1. The molecule has 284 valence electrons. The second-order valence-corrected chi connectivity index (χ2v) is 18.6. The fraction of sp³-hybridized carbons (Fsp3) is 0.167. The molecule has 0 unspecified atom stereocenters. The first-order valence-corrected chi connectivity index (χ1v) is 22.4. The summed E-state index contributed by atoms with van der Waals surface area (Å²) in [5.41, 5.74) is 17.5. The van der Waals surface area contributed by atoms with E-state index in [0.29, 0.717) is 0 Å². The third-order valence-electron chi connectivity index (χ3n) is 15.9. The minimum Gasteiger partial charge on any atom is -0.0619 e. The average molecular weight is 765 g/mol. The lowest BCUT2D eigenvalue weighted by atomic mass is 9.76. The Kier molecular flexibility index (Phi) is 6.70.